The van der Waals surface area contributed by atoms with Crippen molar-refractivity contribution >= 4 is 26.7 Å². The number of hydrogen-bond donors (Lipinski definition) is 0. The second-order valence-corrected chi connectivity index (χ2v) is 12.7. The first kappa shape index (κ1) is 38.7. The van der Waals surface area contributed by atoms with E-state index in [0.29, 0.717) is 11.5 Å². The van der Waals surface area contributed by atoms with Crippen molar-refractivity contribution in [1.82, 2.24) is 13.7 Å². The van der Waals surface area contributed by atoms with E-state index >= 15 is 0 Å². The molecule has 3 rings (SSSR count). The highest BCUT2D eigenvalue weighted by molar-refractivity contribution is 7.90. The van der Waals surface area contributed by atoms with E-state index in [1.54, 1.807) is 24.3 Å². The Morgan fingerprint density at radius 1 is 0.660 bits per heavy atom. The van der Waals surface area contributed by atoms with E-state index in [9.17, 15) is 83.1 Å². The lowest BCUT2D eigenvalue weighted by Crippen LogP contribution is -2.75. The van der Waals surface area contributed by atoms with Crippen LogP contribution in [-0.2, 0) is 16.4 Å². The largest absolute Gasteiger partial charge is 0.460 e. The minimum absolute atomic E-state index is 0.0197. The minimum Gasteiger partial charge on any atom is -0.344 e. The summed E-state index contributed by atoms with van der Waals surface area (Å²) in [7, 11) is -7.32. The lowest BCUT2D eigenvalue weighted by atomic mass is 9.91. The van der Waals surface area contributed by atoms with Gasteiger partial charge >= 0.3 is 47.0 Å². The zero-order chi connectivity index (χ0) is 36.4. The number of anilines is 1. The predicted molar refractivity (Wildman–Crippen MR) is 127 cm³/mol. The van der Waals surface area contributed by atoms with Crippen molar-refractivity contribution in [2.24, 2.45) is 0 Å². The van der Waals surface area contributed by atoms with E-state index in [1.165, 1.54) is 0 Å². The summed E-state index contributed by atoms with van der Waals surface area (Å²) in [6.45, 7) is -2.22. The fourth-order valence-electron chi connectivity index (χ4n) is 3.93. The Labute approximate surface area is 256 Å². The van der Waals surface area contributed by atoms with Crippen LogP contribution in [0.3, 0.4) is 0 Å². The molecule has 0 unspecified atom stereocenters. The number of nitrogens with zero attached hydrogens (tertiary/aromatic N) is 4. The molecule has 25 heteroatoms. The molecule has 47 heavy (non-hydrogen) atoms. The normalized spacial score (nSPS) is 17.4. The molecular weight excluding hydrogens is 739 g/mol. The molecule has 0 aliphatic carbocycles. The molecule has 1 aromatic carbocycles. The van der Waals surface area contributed by atoms with Gasteiger partial charge < -0.3 is 4.90 Å². The van der Waals surface area contributed by atoms with Crippen molar-refractivity contribution in [2.45, 2.75) is 60.3 Å². The highest BCUT2D eigenvalue weighted by Gasteiger charge is 2.96. The zero-order valence-electron chi connectivity index (χ0n) is 22.7. The number of aryl methyl sites for hydroxylation is 1. The molecule has 1 aromatic heterocycles. The van der Waals surface area contributed by atoms with Gasteiger partial charge in [-0.05, 0) is 12.5 Å². The van der Waals surface area contributed by atoms with Gasteiger partial charge in [-0.2, -0.15) is 83.3 Å². The number of alkyl halides is 17. The van der Waals surface area contributed by atoms with Crippen LogP contribution in [0.1, 0.15) is 17.0 Å². The number of aromatic nitrogens is 2. The highest BCUT2D eigenvalue weighted by atomic mass is 32.2. The first-order chi connectivity index (χ1) is 20.9. The van der Waals surface area contributed by atoms with Gasteiger partial charge in [0, 0.05) is 44.1 Å². The third kappa shape index (κ3) is 5.86. The van der Waals surface area contributed by atoms with Gasteiger partial charge in [-0.3, -0.25) is 0 Å². The van der Waals surface area contributed by atoms with E-state index in [4.69, 9.17) is 0 Å². The Morgan fingerprint density at radius 2 is 1.09 bits per heavy atom. The van der Waals surface area contributed by atoms with E-state index in [-0.39, 0.29) is 17.4 Å². The van der Waals surface area contributed by atoms with E-state index in [1.807, 2.05) is 6.92 Å². The monoisotopic (exact) mass is 756 g/mol. The lowest BCUT2D eigenvalue weighted by molar-refractivity contribution is -0.458. The van der Waals surface area contributed by atoms with Gasteiger partial charge in [0.25, 0.3) is 10.0 Å². The maximum absolute atomic E-state index is 14.6. The van der Waals surface area contributed by atoms with Crippen molar-refractivity contribution in [3.8, 4) is 0 Å². The average Bonchev–Trinajstić information content (AvgIpc) is 3.41. The van der Waals surface area contributed by atoms with Crippen molar-refractivity contribution < 1.29 is 83.1 Å². The topological polar surface area (TPSA) is 66.4 Å². The molecule has 0 radical (unpaired) electrons. The summed E-state index contributed by atoms with van der Waals surface area (Å²) in [6.07, 6.45) is -7.70. The summed E-state index contributed by atoms with van der Waals surface area (Å²) in [6, 6.07) is 7.01. The van der Waals surface area contributed by atoms with Crippen LogP contribution in [-0.4, -0.2) is 95.2 Å². The third-order valence-corrected chi connectivity index (χ3v) is 9.57. The predicted octanol–water partition coefficient (Wildman–Crippen LogP) is 6.86. The molecule has 0 bridgehead atoms. The maximum Gasteiger partial charge on any atom is 0.460 e. The number of hydrogen-bond acceptors (Lipinski definition) is 6. The summed E-state index contributed by atoms with van der Waals surface area (Å²) >= 11 is 0.701. The molecule has 6 nitrogen and oxygen atoms in total. The molecule has 1 aliphatic heterocycles. The summed E-state index contributed by atoms with van der Waals surface area (Å²) in [5, 5.41) is -7.55. The first-order valence-corrected chi connectivity index (χ1v) is 14.5. The Bertz CT molecular complexity index is 1530. The molecular formula is C22H17F17N4O2S2. The fraction of sp³-hybridized carbons (Fsp3) is 0.636. The van der Waals surface area contributed by atoms with Gasteiger partial charge in [-0.1, -0.05) is 29.8 Å². The van der Waals surface area contributed by atoms with Crippen LogP contribution in [0.5, 0.6) is 0 Å². The average molecular weight is 757 g/mol. The number of piperazine rings is 1. The number of sulfonamides is 1. The Hall–Kier alpha value is -2.70. The van der Waals surface area contributed by atoms with E-state index in [0.717, 1.165) is 16.0 Å². The number of halogens is 17. The van der Waals surface area contributed by atoms with Crippen LogP contribution >= 0.6 is 11.5 Å². The van der Waals surface area contributed by atoms with Crippen LogP contribution in [0.25, 0.3) is 0 Å². The molecule has 0 saturated carbocycles. The van der Waals surface area contributed by atoms with Gasteiger partial charge in [0.15, 0.2) is 0 Å². The molecule has 0 N–H and O–H groups in total. The molecule has 1 aliphatic rings. The molecule has 1 saturated heterocycles. The molecule has 2 aromatic rings. The van der Waals surface area contributed by atoms with Crippen LogP contribution in [0.15, 0.2) is 24.3 Å². The summed E-state index contributed by atoms with van der Waals surface area (Å²) < 4.78 is 259. The summed E-state index contributed by atoms with van der Waals surface area (Å²) in [5.74, 6) is -51.5. The van der Waals surface area contributed by atoms with Crippen LogP contribution < -0.4 is 4.90 Å². The van der Waals surface area contributed by atoms with Crippen molar-refractivity contribution in [3.05, 3.63) is 41.2 Å². The summed E-state index contributed by atoms with van der Waals surface area (Å²) in [4.78, 5) is 5.26. The SMILES string of the molecule is Cc1ccc(Cc2nsc(N3CCN(S(=O)(=O)C(F)(F)C(F)(F)C(F)(F)C(F)(F)C(F)(F)C(F)(F)C(F)(F)C(F)(F)F)CC3)n2)cc1. The highest BCUT2D eigenvalue weighted by Crippen LogP contribution is 2.64. The van der Waals surface area contributed by atoms with Crippen LogP contribution in [0.4, 0.5) is 79.8 Å². The van der Waals surface area contributed by atoms with Crippen molar-refractivity contribution in [1.29, 1.82) is 0 Å². The van der Waals surface area contributed by atoms with Gasteiger partial charge in [0.05, 0.1) is 0 Å². The van der Waals surface area contributed by atoms with Crippen LogP contribution in [0, 0.1) is 6.92 Å². The second-order valence-electron chi connectivity index (χ2n) is 10.0. The van der Waals surface area contributed by atoms with Gasteiger partial charge in [0.2, 0.25) is 5.13 Å². The second kappa shape index (κ2) is 11.7. The quantitative estimate of drug-likeness (QED) is 0.235. The van der Waals surface area contributed by atoms with Gasteiger partial charge in [0.1, 0.15) is 5.82 Å². The minimum atomic E-state index is -8.87. The third-order valence-electron chi connectivity index (χ3n) is 6.81. The van der Waals surface area contributed by atoms with Gasteiger partial charge in [-0.25, -0.2) is 13.4 Å². The van der Waals surface area contributed by atoms with Gasteiger partial charge in [-0.15, -0.1) is 0 Å². The molecule has 268 valence electrons. The fourth-order valence-corrected chi connectivity index (χ4v) is 6.08. The number of benzene rings is 1. The maximum atomic E-state index is 14.6. The molecule has 0 spiro atoms. The van der Waals surface area contributed by atoms with Crippen LogP contribution in [0.2, 0.25) is 0 Å². The van der Waals surface area contributed by atoms with E-state index < -0.39 is 87.5 Å². The Kier molecular flexibility index (Phi) is 9.66. The Balaban J connectivity index is 1.85. The molecule has 1 fully saturated rings. The zero-order valence-corrected chi connectivity index (χ0v) is 24.3. The molecule has 0 amide bonds. The molecule has 2 heterocycles. The summed E-state index contributed by atoms with van der Waals surface area (Å²) in [5.41, 5.74) is 1.68. The number of rotatable bonds is 11. The molecule has 0 atom stereocenters. The standard InChI is InChI=1S/C22H17F17N4O2S2/c1-11-2-4-12(5-3-11)10-13-40-14(46-41-13)42-6-8-43(9-7-42)47(44,45)22(38,39)20(33,34)18(29,30)16(25,26)15(23,24)17(27,28)19(31,32)21(35,36)37/h2-5H,6-10H2,1H3. The van der Waals surface area contributed by atoms with Crippen molar-refractivity contribution in [2.75, 3.05) is 31.1 Å². The smallest absolute Gasteiger partial charge is 0.344 e. The van der Waals surface area contributed by atoms with E-state index in [2.05, 4.69) is 9.36 Å². The Morgan fingerprint density at radius 3 is 1.53 bits per heavy atom. The van der Waals surface area contributed by atoms with Crippen molar-refractivity contribution in [3.63, 3.8) is 0 Å². The lowest BCUT2D eigenvalue weighted by Gasteiger charge is -2.43. The first-order valence-electron chi connectivity index (χ1n) is 12.3.